The van der Waals surface area contributed by atoms with E-state index in [1.54, 1.807) is 0 Å². The van der Waals surface area contributed by atoms with Crippen molar-refractivity contribution >= 4 is 10.9 Å². The minimum absolute atomic E-state index is 0.725. The third kappa shape index (κ3) is 2.68. The lowest BCUT2D eigenvalue weighted by molar-refractivity contribution is 0.313. The quantitative estimate of drug-likeness (QED) is 0.917. The molecule has 2 saturated heterocycles. The summed E-state index contributed by atoms with van der Waals surface area (Å²) in [4.78, 5) is 7.19. The Balaban J connectivity index is 1.51. The van der Waals surface area contributed by atoms with Crippen molar-refractivity contribution in [2.75, 3.05) is 19.6 Å². The summed E-state index contributed by atoms with van der Waals surface area (Å²) in [5.74, 6) is 0.864. The molecule has 2 aliphatic rings. The molecule has 2 fully saturated rings. The molecule has 0 bridgehead atoms. The van der Waals surface area contributed by atoms with E-state index in [-0.39, 0.29) is 0 Å². The highest BCUT2D eigenvalue weighted by molar-refractivity contribution is 5.79. The standard InChI is InChI=1S/C18H23N3/c1-13-4-6-15-9-14(5-7-17(15)20-13)10-21-11-16-3-2-8-19-18(16)12-21/h4-7,9,16,18-19H,2-3,8,10-12H2,1H3. The van der Waals surface area contributed by atoms with Gasteiger partial charge in [0.25, 0.3) is 0 Å². The molecule has 3 nitrogen and oxygen atoms in total. The average Bonchev–Trinajstić information content (AvgIpc) is 2.89. The molecular formula is C18H23N3. The fourth-order valence-corrected chi connectivity index (χ4v) is 3.90. The molecule has 110 valence electrons. The zero-order chi connectivity index (χ0) is 14.2. The first-order valence-corrected chi connectivity index (χ1v) is 8.10. The molecule has 2 atom stereocenters. The number of hydrogen-bond acceptors (Lipinski definition) is 3. The largest absolute Gasteiger partial charge is 0.312 e. The van der Waals surface area contributed by atoms with Gasteiger partial charge in [-0.2, -0.15) is 0 Å². The number of piperidine rings is 1. The predicted molar refractivity (Wildman–Crippen MR) is 86.3 cm³/mol. The van der Waals surface area contributed by atoms with Crippen molar-refractivity contribution < 1.29 is 0 Å². The summed E-state index contributed by atoms with van der Waals surface area (Å²) < 4.78 is 0. The van der Waals surface area contributed by atoms with Gasteiger partial charge in [0.15, 0.2) is 0 Å². The lowest BCUT2D eigenvalue weighted by atomic mass is 9.94. The summed E-state index contributed by atoms with van der Waals surface area (Å²) in [6.45, 7) is 6.78. The molecule has 3 heterocycles. The lowest BCUT2D eigenvalue weighted by Crippen LogP contribution is -2.40. The zero-order valence-corrected chi connectivity index (χ0v) is 12.7. The van der Waals surface area contributed by atoms with Crippen molar-refractivity contribution in [1.29, 1.82) is 0 Å². The van der Waals surface area contributed by atoms with Crippen molar-refractivity contribution in [2.45, 2.75) is 32.4 Å². The van der Waals surface area contributed by atoms with Crippen LogP contribution in [0.1, 0.15) is 24.1 Å². The van der Waals surface area contributed by atoms with E-state index >= 15 is 0 Å². The SMILES string of the molecule is Cc1ccc2cc(CN3CC4CCCNC4C3)ccc2n1. The third-order valence-corrected chi connectivity index (χ3v) is 4.97. The smallest absolute Gasteiger partial charge is 0.0705 e. The second kappa shape index (κ2) is 5.39. The molecule has 0 aliphatic carbocycles. The van der Waals surface area contributed by atoms with E-state index < -0.39 is 0 Å². The van der Waals surface area contributed by atoms with Gasteiger partial charge in [-0.05, 0) is 56.0 Å². The Labute approximate surface area is 126 Å². The van der Waals surface area contributed by atoms with Crippen LogP contribution in [-0.2, 0) is 6.54 Å². The monoisotopic (exact) mass is 281 g/mol. The fourth-order valence-electron chi connectivity index (χ4n) is 3.90. The number of hydrogen-bond donors (Lipinski definition) is 1. The summed E-state index contributed by atoms with van der Waals surface area (Å²) >= 11 is 0. The normalized spacial score (nSPS) is 26.1. The van der Waals surface area contributed by atoms with Crippen LogP contribution in [-0.4, -0.2) is 35.6 Å². The molecule has 1 aromatic heterocycles. The first kappa shape index (κ1) is 13.2. The number of fused-ring (bicyclic) bond motifs is 2. The van der Waals surface area contributed by atoms with Crippen LogP contribution in [0.15, 0.2) is 30.3 Å². The molecule has 0 amide bonds. The molecule has 2 aliphatic heterocycles. The third-order valence-electron chi connectivity index (χ3n) is 4.97. The molecule has 1 N–H and O–H groups in total. The van der Waals surface area contributed by atoms with Gasteiger partial charge < -0.3 is 5.32 Å². The van der Waals surface area contributed by atoms with Crippen molar-refractivity contribution in [1.82, 2.24) is 15.2 Å². The number of likely N-dealkylation sites (tertiary alicyclic amines) is 1. The number of benzene rings is 1. The summed E-state index contributed by atoms with van der Waals surface area (Å²) in [5.41, 5.74) is 3.60. The van der Waals surface area contributed by atoms with Crippen LogP contribution in [0.25, 0.3) is 10.9 Å². The zero-order valence-electron chi connectivity index (χ0n) is 12.7. The first-order valence-electron chi connectivity index (χ1n) is 8.10. The van der Waals surface area contributed by atoms with Crippen molar-refractivity contribution in [2.24, 2.45) is 5.92 Å². The van der Waals surface area contributed by atoms with Crippen molar-refractivity contribution in [3.8, 4) is 0 Å². The lowest BCUT2D eigenvalue weighted by Gasteiger charge is -2.24. The Morgan fingerprint density at radius 3 is 3.10 bits per heavy atom. The van der Waals surface area contributed by atoms with Gasteiger partial charge in [-0.15, -0.1) is 0 Å². The molecule has 2 aromatic rings. The minimum atomic E-state index is 0.725. The number of rotatable bonds is 2. The van der Waals surface area contributed by atoms with Gasteiger partial charge in [0.1, 0.15) is 0 Å². The molecule has 0 spiro atoms. The van der Waals surface area contributed by atoms with E-state index in [1.165, 1.54) is 43.4 Å². The minimum Gasteiger partial charge on any atom is -0.312 e. The van der Waals surface area contributed by atoms with E-state index in [2.05, 4.69) is 45.5 Å². The first-order chi connectivity index (χ1) is 10.3. The maximum absolute atomic E-state index is 4.58. The summed E-state index contributed by atoms with van der Waals surface area (Å²) in [5, 5.41) is 4.94. The van der Waals surface area contributed by atoms with Crippen LogP contribution in [0.4, 0.5) is 0 Å². The van der Waals surface area contributed by atoms with E-state index in [0.717, 1.165) is 29.7 Å². The second-order valence-electron chi connectivity index (χ2n) is 6.64. The van der Waals surface area contributed by atoms with Gasteiger partial charge in [0.05, 0.1) is 5.52 Å². The molecule has 4 rings (SSSR count). The topological polar surface area (TPSA) is 28.2 Å². The van der Waals surface area contributed by atoms with Gasteiger partial charge in [-0.3, -0.25) is 9.88 Å². The maximum Gasteiger partial charge on any atom is 0.0705 e. The number of nitrogens with one attached hydrogen (secondary N) is 1. The molecule has 21 heavy (non-hydrogen) atoms. The van der Waals surface area contributed by atoms with Crippen LogP contribution in [0, 0.1) is 12.8 Å². The van der Waals surface area contributed by atoms with E-state index in [4.69, 9.17) is 0 Å². The molecule has 1 aromatic carbocycles. The highest BCUT2D eigenvalue weighted by Crippen LogP contribution is 2.26. The number of aromatic nitrogens is 1. The summed E-state index contributed by atoms with van der Waals surface area (Å²) in [6.07, 6.45) is 2.74. The summed E-state index contributed by atoms with van der Waals surface area (Å²) in [7, 11) is 0. The second-order valence-corrected chi connectivity index (χ2v) is 6.64. The average molecular weight is 281 g/mol. The Bertz CT molecular complexity index is 638. The highest BCUT2D eigenvalue weighted by Gasteiger charge is 2.33. The number of pyridine rings is 1. The highest BCUT2D eigenvalue weighted by atomic mass is 15.2. The van der Waals surface area contributed by atoms with Gasteiger partial charge in [-0.25, -0.2) is 0 Å². The molecule has 0 saturated carbocycles. The predicted octanol–water partition coefficient (Wildman–Crippen LogP) is 2.73. The van der Waals surface area contributed by atoms with Gasteiger partial charge in [0.2, 0.25) is 0 Å². The van der Waals surface area contributed by atoms with E-state index in [1.807, 2.05) is 6.92 Å². The van der Waals surface area contributed by atoms with Crippen molar-refractivity contribution in [3.63, 3.8) is 0 Å². The Morgan fingerprint density at radius 1 is 1.24 bits per heavy atom. The molecular weight excluding hydrogens is 258 g/mol. The van der Waals surface area contributed by atoms with E-state index in [9.17, 15) is 0 Å². The Kier molecular flexibility index (Phi) is 3.40. The van der Waals surface area contributed by atoms with E-state index in [0.29, 0.717) is 0 Å². The number of aryl methyl sites for hydroxylation is 1. The van der Waals surface area contributed by atoms with Crippen LogP contribution in [0.2, 0.25) is 0 Å². The molecule has 0 radical (unpaired) electrons. The summed E-state index contributed by atoms with van der Waals surface area (Å²) in [6, 6.07) is 11.7. The van der Waals surface area contributed by atoms with Crippen LogP contribution in [0.5, 0.6) is 0 Å². The maximum atomic E-state index is 4.58. The van der Waals surface area contributed by atoms with Gasteiger partial charge in [0, 0.05) is 36.8 Å². The Hall–Kier alpha value is -1.45. The van der Waals surface area contributed by atoms with Gasteiger partial charge >= 0.3 is 0 Å². The van der Waals surface area contributed by atoms with Crippen LogP contribution >= 0.6 is 0 Å². The molecule has 3 heteroatoms. The van der Waals surface area contributed by atoms with Crippen LogP contribution < -0.4 is 5.32 Å². The molecule has 2 unspecified atom stereocenters. The van der Waals surface area contributed by atoms with Gasteiger partial charge in [-0.1, -0.05) is 12.1 Å². The fraction of sp³-hybridized carbons (Fsp3) is 0.500. The Morgan fingerprint density at radius 2 is 2.19 bits per heavy atom. The van der Waals surface area contributed by atoms with Crippen LogP contribution in [0.3, 0.4) is 0 Å². The van der Waals surface area contributed by atoms with Crippen molar-refractivity contribution in [3.05, 3.63) is 41.6 Å². The number of nitrogens with zero attached hydrogens (tertiary/aromatic N) is 2.